The standard InChI is InChI=1S/C23H38O4/c1-22-11-9-18-21(17(22)7-6-14(22)4-3-5-20(26)27)19(25)13-15-12-16(24)8-10-23(15,18)2/h14-19,21,24-25H,3-13H2,1-2H3,(H,26,27)/t14?,15-,16+,17?,18?,19-,21?,22+,23-/m0/s1. The summed E-state index contributed by atoms with van der Waals surface area (Å²) < 4.78 is 0. The van der Waals surface area contributed by atoms with E-state index in [9.17, 15) is 15.0 Å². The Morgan fingerprint density at radius 1 is 0.963 bits per heavy atom. The lowest BCUT2D eigenvalue weighted by Crippen LogP contribution is -2.58. The monoisotopic (exact) mass is 378 g/mol. The third kappa shape index (κ3) is 3.15. The van der Waals surface area contributed by atoms with Crippen molar-refractivity contribution in [2.45, 2.75) is 96.7 Å². The van der Waals surface area contributed by atoms with E-state index in [4.69, 9.17) is 5.11 Å². The molecule has 0 aromatic heterocycles. The molecule has 4 nitrogen and oxygen atoms in total. The Morgan fingerprint density at radius 2 is 1.67 bits per heavy atom. The van der Waals surface area contributed by atoms with E-state index in [-0.39, 0.29) is 29.5 Å². The summed E-state index contributed by atoms with van der Waals surface area (Å²) in [7, 11) is 0. The minimum atomic E-state index is -0.681. The van der Waals surface area contributed by atoms with Crippen LogP contribution in [-0.4, -0.2) is 33.5 Å². The van der Waals surface area contributed by atoms with E-state index < -0.39 is 5.97 Å². The van der Waals surface area contributed by atoms with Gasteiger partial charge in [-0.2, -0.15) is 0 Å². The second kappa shape index (κ2) is 7.02. The number of aliphatic carboxylic acids is 1. The average Bonchev–Trinajstić information content (AvgIpc) is 2.93. The van der Waals surface area contributed by atoms with Gasteiger partial charge in [0.25, 0.3) is 0 Å². The molecule has 0 saturated heterocycles. The predicted molar refractivity (Wildman–Crippen MR) is 104 cm³/mol. The van der Waals surface area contributed by atoms with Gasteiger partial charge < -0.3 is 15.3 Å². The van der Waals surface area contributed by atoms with Crippen molar-refractivity contribution >= 4 is 5.97 Å². The first kappa shape index (κ1) is 19.7. The van der Waals surface area contributed by atoms with Crippen molar-refractivity contribution < 1.29 is 20.1 Å². The molecule has 0 bridgehead atoms. The van der Waals surface area contributed by atoms with Gasteiger partial charge in [-0.3, -0.25) is 4.79 Å². The Hall–Kier alpha value is -0.610. The molecule has 4 aliphatic carbocycles. The molecule has 3 N–H and O–H groups in total. The molecule has 27 heavy (non-hydrogen) atoms. The van der Waals surface area contributed by atoms with Gasteiger partial charge in [0.15, 0.2) is 0 Å². The van der Waals surface area contributed by atoms with Gasteiger partial charge in [-0.25, -0.2) is 0 Å². The number of hydrogen-bond donors (Lipinski definition) is 3. The highest BCUT2D eigenvalue weighted by Crippen LogP contribution is 2.67. The fourth-order valence-electron chi connectivity index (χ4n) is 8.28. The van der Waals surface area contributed by atoms with Crippen LogP contribution in [0.3, 0.4) is 0 Å². The summed E-state index contributed by atoms with van der Waals surface area (Å²) in [6, 6.07) is 0. The Labute approximate surface area is 163 Å². The number of fused-ring (bicyclic) bond motifs is 5. The lowest BCUT2D eigenvalue weighted by atomic mass is 9.44. The highest BCUT2D eigenvalue weighted by molar-refractivity contribution is 5.66. The van der Waals surface area contributed by atoms with E-state index in [1.165, 1.54) is 25.7 Å². The minimum absolute atomic E-state index is 0.175. The molecule has 4 aliphatic rings. The van der Waals surface area contributed by atoms with Crippen LogP contribution in [0.15, 0.2) is 0 Å². The largest absolute Gasteiger partial charge is 0.481 e. The summed E-state index contributed by atoms with van der Waals surface area (Å²) >= 11 is 0. The second-order valence-electron chi connectivity index (χ2n) is 10.8. The fraction of sp³-hybridized carbons (Fsp3) is 0.957. The SMILES string of the molecule is C[C@]12CCC3C(C1CCC2CCCC(=O)O)[C@@H](O)C[C@@H]1C[C@H](O)CC[C@]31C. The molecule has 4 heteroatoms. The van der Waals surface area contributed by atoms with Gasteiger partial charge in [0.1, 0.15) is 0 Å². The molecule has 4 rings (SSSR count). The molecule has 0 heterocycles. The predicted octanol–water partition coefficient (Wildman–Crippen LogP) is 4.23. The zero-order valence-electron chi connectivity index (χ0n) is 17.1. The molecule has 0 aromatic rings. The molecule has 0 amide bonds. The first-order chi connectivity index (χ1) is 12.8. The van der Waals surface area contributed by atoms with Gasteiger partial charge >= 0.3 is 5.97 Å². The van der Waals surface area contributed by atoms with Crippen LogP contribution in [-0.2, 0) is 4.79 Å². The number of aliphatic hydroxyl groups is 2. The summed E-state index contributed by atoms with van der Waals surface area (Å²) in [4.78, 5) is 10.9. The fourth-order valence-corrected chi connectivity index (χ4v) is 8.28. The van der Waals surface area contributed by atoms with Gasteiger partial charge in [-0.1, -0.05) is 13.8 Å². The topological polar surface area (TPSA) is 77.8 Å². The summed E-state index contributed by atoms with van der Waals surface area (Å²) in [6.07, 6.45) is 10.3. The van der Waals surface area contributed by atoms with Gasteiger partial charge in [-0.05, 0) is 105 Å². The van der Waals surface area contributed by atoms with E-state index in [1.807, 2.05) is 0 Å². The molecular weight excluding hydrogens is 340 g/mol. The van der Waals surface area contributed by atoms with Crippen LogP contribution < -0.4 is 0 Å². The van der Waals surface area contributed by atoms with Crippen molar-refractivity contribution in [2.75, 3.05) is 0 Å². The summed E-state index contributed by atoms with van der Waals surface area (Å²) in [5.74, 6) is 1.99. The summed E-state index contributed by atoms with van der Waals surface area (Å²) in [5.41, 5.74) is 0.559. The lowest BCUT2D eigenvalue weighted by molar-refractivity contribution is -0.172. The van der Waals surface area contributed by atoms with Crippen LogP contribution >= 0.6 is 0 Å². The first-order valence-electron chi connectivity index (χ1n) is 11.3. The van der Waals surface area contributed by atoms with Crippen LogP contribution in [0.4, 0.5) is 0 Å². The Morgan fingerprint density at radius 3 is 2.41 bits per heavy atom. The van der Waals surface area contributed by atoms with Crippen molar-refractivity contribution in [1.29, 1.82) is 0 Å². The molecule has 0 spiro atoms. The average molecular weight is 379 g/mol. The number of hydrogen-bond acceptors (Lipinski definition) is 3. The van der Waals surface area contributed by atoms with Crippen molar-refractivity contribution in [1.82, 2.24) is 0 Å². The molecule has 9 atom stereocenters. The highest BCUT2D eigenvalue weighted by atomic mass is 16.4. The smallest absolute Gasteiger partial charge is 0.303 e. The van der Waals surface area contributed by atoms with Crippen molar-refractivity contribution in [2.24, 2.45) is 40.4 Å². The van der Waals surface area contributed by atoms with E-state index in [1.54, 1.807) is 0 Å². The maximum absolute atomic E-state index is 11.2. The van der Waals surface area contributed by atoms with Gasteiger partial charge in [0, 0.05) is 6.42 Å². The number of aliphatic hydroxyl groups excluding tert-OH is 2. The third-order valence-electron chi connectivity index (χ3n) is 9.80. The molecule has 4 fully saturated rings. The quantitative estimate of drug-likeness (QED) is 0.684. The van der Waals surface area contributed by atoms with E-state index in [2.05, 4.69) is 13.8 Å². The molecule has 0 radical (unpaired) electrons. The Kier molecular flexibility index (Phi) is 5.12. The number of carboxylic acids is 1. The minimum Gasteiger partial charge on any atom is -0.481 e. The van der Waals surface area contributed by atoms with Crippen LogP contribution in [0.1, 0.15) is 84.5 Å². The van der Waals surface area contributed by atoms with Gasteiger partial charge in [-0.15, -0.1) is 0 Å². The number of rotatable bonds is 4. The van der Waals surface area contributed by atoms with Crippen LogP contribution in [0.5, 0.6) is 0 Å². The second-order valence-corrected chi connectivity index (χ2v) is 10.8. The Bertz CT molecular complexity index is 577. The van der Waals surface area contributed by atoms with E-state index in [0.29, 0.717) is 29.6 Å². The summed E-state index contributed by atoms with van der Waals surface area (Å²) in [6.45, 7) is 4.90. The van der Waals surface area contributed by atoms with Crippen molar-refractivity contribution in [3.63, 3.8) is 0 Å². The normalized spacial score (nSPS) is 51.9. The number of carbonyl (C=O) groups is 1. The first-order valence-corrected chi connectivity index (χ1v) is 11.3. The third-order valence-corrected chi connectivity index (χ3v) is 9.80. The maximum Gasteiger partial charge on any atom is 0.303 e. The summed E-state index contributed by atoms with van der Waals surface area (Å²) in [5, 5.41) is 30.3. The highest BCUT2D eigenvalue weighted by Gasteiger charge is 2.62. The molecule has 4 saturated carbocycles. The molecule has 4 unspecified atom stereocenters. The zero-order chi connectivity index (χ0) is 19.4. The zero-order valence-corrected chi connectivity index (χ0v) is 17.1. The maximum atomic E-state index is 11.2. The molecule has 154 valence electrons. The van der Waals surface area contributed by atoms with Crippen molar-refractivity contribution in [3.05, 3.63) is 0 Å². The van der Waals surface area contributed by atoms with Gasteiger partial charge in [0.05, 0.1) is 12.2 Å². The molecular formula is C23H38O4. The lowest BCUT2D eigenvalue weighted by Gasteiger charge is -2.62. The van der Waals surface area contributed by atoms with E-state index in [0.717, 1.165) is 38.5 Å². The van der Waals surface area contributed by atoms with Crippen LogP contribution in [0, 0.1) is 40.4 Å². The van der Waals surface area contributed by atoms with Crippen molar-refractivity contribution in [3.8, 4) is 0 Å². The van der Waals surface area contributed by atoms with Crippen LogP contribution in [0.25, 0.3) is 0 Å². The number of carboxylic acid groups (broad SMARTS) is 1. The van der Waals surface area contributed by atoms with Gasteiger partial charge in [0.2, 0.25) is 0 Å². The molecule has 0 aromatic carbocycles. The molecule has 0 aliphatic heterocycles. The Balaban J connectivity index is 1.53. The van der Waals surface area contributed by atoms with E-state index >= 15 is 0 Å². The van der Waals surface area contributed by atoms with Crippen LogP contribution in [0.2, 0.25) is 0 Å².